The minimum absolute atomic E-state index is 0.00851. The van der Waals surface area contributed by atoms with Crippen LogP contribution in [0.25, 0.3) is 5.57 Å². The molecule has 0 aliphatic carbocycles. The summed E-state index contributed by atoms with van der Waals surface area (Å²) in [5.74, 6) is -1.28. The van der Waals surface area contributed by atoms with Gasteiger partial charge in [0.1, 0.15) is 11.8 Å². The maximum atomic E-state index is 14.1. The fourth-order valence-electron chi connectivity index (χ4n) is 2.62. The Morgan fingerprint density at radius 2 is 1.52 bits per heavy atom. The highest BCUT2D eigenvalue weighted by atomic mass is 79.9. The Morgan fingerprint density at radius 3 is 1.87 bits per heavy atom. The first-order valence-corrected chi connectivity index (χ1v) is 9.57. The molecule has 2 aromatic carbocycles. The first-order valence-electron chi connectivity index (χ1n) is 8.03. The van der Waals surface area contributed by atoms with Crippen LogP contribution in [0.5, 0.6) is 0 Å². The summed E-state index contributed by atoms with van der Waals surface area (Å²) in [4.78, 5) is 12.3. The van der Waals surface area contributed by atoms with Gasteiger partial charge in [0, 0.05) is 11.4 Å². The van der Waals surface area contributed by atoms with Crippen LogP contribution in [0.4, 0.5) is 32.0 Å². The van der Waals surface area contributed by atoms with Crippen molar-refractivity contribution in [3.63, 3.8) is 0 Å². The van der Waals surface area contributed by atoms with Crippen molar-refractivity contribution in [2.24, 2.45) is 0 Å². The summed E-state index contributed by atoms with van der Waals surface area (Å²) in [6, 6.07) is 7.24. The second kappa shape index (κ2) is 9.10. The average molecular weight is 546 g/mol. The Hall–Kier alpha value is -2.22. The first-order chi connectivity index (χ1) is 14.2. The first kappa shape index (κ1) is 25.0. The van der Waals surface area contributed by atoms with E-state index in [1.807, 2.05) is 0 Å². The van der Waals surface area contributed by atoms with E-state index in [1.54, 1.807) is 0 Å². The molecule has 0 radical (unpaired) electrons. The molecular weight excluding hydrogens is 537 g/mol. The summed E-state index contributed by atoms with van der Waals surface area (Å²) in [7, 11) is 0. The zero-order valence-corrected chi connectivity index (χ0v) is 18.3. The van der Waals surface area contributed by atoms with Crippen LogP contribution in [0.3, 0.4) is 0 Å². The molecule has 0 saturated carbocycles. The molecule has 0 spiro atoms. The molecule has 0 fully saturated rings. The number of benzene rings is 2. The van der Waals surface area contributed by atoms with Crippen LogP contribution in [0, 0.1) is 11.3 Å². The van der Waals surface area contributed by atoms with Crippen LogP contribution in [-0.2, 0) is 11.0 Å². The Labute approximate surface area is 190 Å². The van der Waals surface area contributed by atoms with E-state index >= 15 is 0 Å². The molecule has 0 aliphatic heterocycles. The number of rotatable bonds is 3. The topological polar surface area (TPSA) is 44.1 Å². The van der Waals surface area contributed by atoms with Gasteiger partial charge < -0.3 is 0 Å². The van der Waals surface area contributed by atoms with Gasteiger partial charge in [-0.25, -0.2) is 0 Å². The third kappa shape index (κ3) is 5.53. The van der Waals surface area contributed by atoms with E-state index in [9.17, 15) is 36.4 Å². The summed E-state index contributed by atoms with van der Waals surface area (Å²) in [5.41, 5.74) is -5.04. The van der Waals surface area contributed by atoms with Crippen molar-refractivity contribution in [1.29, 1.82) is 5.26 Å². The van der Waals surface area contributed by atoms with E-state index < -0.39 is 50.8 Å². The van der Waals surface area contributed by atoms with Gasteiger partial charge in [-0.05, 0) is 29.8 Å². The van der Waals surface area contributed by atoms with Crippen LogP contribution in [-0.4, -0.2) is 12.1 Å². The molecule has 0 unspecified atom stereocenters. The molecule has 2 aromatic rings. The lowest BCUT2D eigenvalue weighted by molar-refractivity contribution is -0.137. The third-order valence-electron chi connectivity index (χ3n) is 3.86. The van der Waals surface area contributed by atoms with E-state index in [0.717, 1.165) is 6.92 Å². The lowest BCUT2D eigenvalue weighted by Crippen LogP contribution is -2.37. The number of amides is 1. The van der Waals surface area contributed by atoms with Gasteiger partial charge in [-0.3, -0.25) is 9.69 Å². The Bertz CT molecular complexity index is 1070. The highest BCUT2D eigenvalue weighted by Crippen LogP contribution is 2.45. The van der Waals surface area contributed by atoms with Crippen molar-refractivity contribution in [3.8, 4) is 6.07 Å². The molecule has 0 aliphatic rings. The molecule has 0 bridgehead atoms. The lowest BCUT2D eigenvalue weighted by atomic mass is 10.0. The summed E-state index contributed by atoms with van der Waals surface area (Å²) < 4.78 is 81.7. The standard InChI is InChI=1S/C19H9BrCl2F6N2O/c1-9(31)30(16-14(21)6-11(7-15(16)22)18(23,24)25)17(19(26,27)28)13(8-29)10-2-4-12(20)5-3-10/h2-7H,1H3/b17-13+. The number of allylic oxidation sites excluding steroid dienone is 2. The summed E-state index contributed by atoms with van der Waals surface area (Å²) in [6.45, 7) is 0.729. The van der Waals surface area contributed by atoms with E-state index in [4.69, 9.17) is 23.2 Å². The average Bonchev–Trinajstić information content (AvgIpc) is 2.62. The summed E-state index contributed by atoms with van der Waals surface area (Å²) in [6.07, 6.45) is -10.2. The number of alkyl halides is 6. The number of halogens is 9. The van der Waals surface area contributed by atoms with Gasteiger partial charge in [0.15, 0.2) is 0 Å². The fraction of sp³-hybridized carbons (Fsp3) is 0.158. The van der Waals surface area contributed by atoms with Crippen molar-refractivity contribution >= 4 is 56.3 Å². The number of nitriles is 1. The molecule has 0 N–H and O–H groups in total. The number of hydrogen-bond donors (Lipinski definition) is 0. The highest BCUT2D eigenvalue weighted by Gasteiger charge is 2.44. The molecule has 0 heterocycles. The van der Waals surface area contributed by atoms with Crippen LogP contribution in [0.15, 0.2) is 46.6 Å². The molecule has 0 aromatic heterocycles. The highest BCUT2D eigenvalue weighted by molar-refractivity contribution is 9.10. The fourth-order valence-corrected chi connectivity index (χ4v) is 3.54. The van der Waals surface area contributed by atoms with Gasteiger partial charge in [0.2, 0.25) is 5.91 Å². The maximum absolute atomic E-state index is 14.1. The largest absolute Gasteiger partial charge is 0.433 e. The molecule has 0 saturated heterocycles. The van der Waals surface area contributed by atoms with Crippen LogP contribution >= 0.6 is 39.1 Å². The molecule has 31 heavy (non-hydrogen) atoms. The summed E-state index contributed by atoms with van der Waals surface area (Å²) in [5, 5.41) is 7.76. The van der Waals surface area contributed by atoms with Crippen molar-refractivity contribution in [1.82, 2.24) is 0 Å². The van der Waals surface area contributed by atoms with Gasteiger partial charge in [-0.15, -0.1) is 0 Å². The number of carbonyl (C=O) groups excluding carboxylic acids is 1. The van der Waals surface area contributed by atoms with E-state index in [1.165, 1.54) is 30.3 Å². The minimum Gasteiger partial charge on any atom is -0.274 e. The van der Waals surface area contributed by atoms with E-state index in [2.05, 4.69) is 15.9 Å². The predicted octanol–water partition coefficient (Wildman–Crippen LogP) is 7.62. The second-order valence-corrected chi connectivity index (χ2v) is 7.71. The Morgan fingerprint density at radius 1 is 1.03 bits per heavy atom. The number of nitrogens with zero attached hydrogens (tertiary/aromatic N) is 2. The van der Waals surface area contributed by atoms with Crippen molar-refractivity contribution in [2.45, 2.75) is 19.3 Å². The quantitative estimate of drug-likeness (QED) is 0.294. The van der Waals surface area contributed by atoms with E-state index in [0.29, 0.717) is 16.6 Å². The van der Waals surface area contributed by atoms with Crippen molar-refractivity contribution in [2.75, 3.05) is 4.90 Å². The minimum atomic E-state index is -5.28. The molecule has 3 nitrogen and oxygen atoms in total. The van der Waals surface area contributed by atoms with Gasteiger partial charge in [-0.2, -0.15) is 31.6 Å². The normalized spacial score (nSPS) is 12.8. The third-order valence-corrected chi connectivity index (χ3v) is 4.96. The lowest BCUT2D eigenvalue weighted by Gasteiger charge is -2.29. The maximum Gasteiger partial charge on any atom is 0.433 e. The molecule has 1 amide bonds. The Kier molecular flexibility index (Phi) is 7.35. The molecular formula is C19H9BrCl2F6N2O. The van der Waals surface area contributed by atoms with Gasteiger partial charge >= 0.3 is 12.4 Å². The summed E-state index contributed by atoms with van der Waals surface area (Å²) >= 11 is 14.8. The van der Waals surface area contributed by atoms with Gasteiger partial charge in [0.25, 0.3) is 0 Å². The zero-order valence-electron chi connectivity index (χ0n) is 15.2. The molecule has 0 atom stereocenters. The van der Waals surface area contributed by atoms with Crippen molar-refractivity contribution in [3.05, 3.63) is 67.7 Å². The van der Waals surface area contributed by atoms with Crippen LogP contribution in [0.2, 0.25) is 10.0 Å². The number of hydrogen-bond acceptors (Lipinski definition) is 2. The zero-order chi connectivity index (χ0) is 23.7. The number of carbonyl (C=O) groups is 1. The number of anilines is 1. The van der Waals surface area contributed by atoms with E-state index in [-0.39, 0.29) is 10.5 Å². The van der Waals surface area contributed by atoms with Gasteiger partial charge in [0.05, 0.1) is 26.9 Å². The smallest absolute Gasteiger partial charge is 0.274 e. The Balaban J connectivity index is 2.91. The molecule has 164 valence electrons. The second-order valence-electron chi connectivity index (χ2n) is 5.98. The van der Waals surface area contributed by atoms with Crippen molar-refractivity contribution < 1.29 is 31.1 Å². The van der Waals surface area contributed by atoms with Crippen LogP contribution < -0.4 is 4.90 Å². The van der Waals surface area contributed by atoms with Crippen LogP contribution in [0.1, 0.15) is 18.1 Å². The SMILES string of the molecule is CC(=O)N(/C(=C(\C#N)c1ccc(Br)cc1)C(F)(F)F)c1c(Cl)cc(C(F)(F)F)cc1Cl. The molecule has 12 heteroatoms. The monoisotopic (exact) mass is 544 g/mol. The van der Waals surface area contributed by atoms with Gasteiger partial charge in [-0.1, -0.05) is 51.3 Å². The predicted molar refractivity (Wildman–Crippen MR) is 107 cm³/mol. The molecule has 2 rings (SSSR count).